The second-order valence-electron chi connectivity index (χ2n) is 11.1. The van der Waals surface area contributed by atoms with E-state index in [4.69, 9.17) is 14.2 Å². The molecule has 0 radical (unpaired) electrons. The number of aliphatic carboxylic acids is 1. The number of rotatable bonds is 11. The Kier molecular flexibility index (Phi) is 9.20. The van der Waals surface area contributed by atoms with Crippen LogP contribution in [0.1, 0.15) is 67.0 Å². The number of para-hydroxylation sites is 1. The van der Waals surface area contributed by atoms with E-state index in [9.17, 15) is 14.7 Å². The Hall–Kier alpha value is -4.11. The van der Waals surface area contributed by atoms with Crippen molar-refractivity contribution in [1.29, 1.82) is 0 Å². The number of carboxylic acid groups (broad SMARTS) is 1. The van der Waals surface area contributed by atoms with Crippen LogP contribution < -0.4 is 19.5 Å². The molecule has 3 atom stereocenters. The third kappa shape index (κ3) is 6.04. The number of amides is 1. The number of fused-ring (bicyclic) bond motifs is 1. The molecule has 3 aromatic carbocycles. The van der Waals surface area contributed by atoms with Gasteiger partial charge in [0.25, 0.3) is 0 Å². The Labute approximate surface area is 251 Å². The Morgan fingerprint density at radius 1 is 1.05 bits per heavy atom. The highest BCUT2D eigenvalue weighted by molar-refractivity contribution is 5.94. The largest absolute Gasteiger partial charge is 0.494 e. The predicted octanol–water partition coefficient (Wildman–Crippen LogP) is 6.26. The van der Waals surface area contributed by atoms with Gasteiger partial charge in [0.05, 0.1) is 25.1 Å². The lowest BCUT2D eigenvalue weighted by atomic mass is 9.81. The lowest BCUT2D eigenvalue weighted by Gasteiger charge is -2.27. The van der Waals surface area contributed by atoms with Crippen LogP contribution in [0.5, 0.6) is 17.2 Å². The summed E-state index contributed by atoms with van der Waals surface area (Å²) in [5.41, 5.74) is 4.61. The number of nitrogens with one attached hydrogen (secondary N) is 1. The summed E-state index contributed by atoms with van der Waals surface area (Å²) >= 11 is 0. The first kappa shape index (κ1) is 30.4. The maximum atomic E-state index is 15.8. The van der Waals surface area contributed by atoms with E-state index in [0.29, 0.717) is 23.9 Å². The van der Waals surface area contributed by atoms with Crippen molar-refractivity contribution in [2.45, 2.75) is 58.9 Å². The number of anilines is 1. The van der Waals surface area contributed by atoms with Crippen molar-refractivity contribution in [3.8, 4) is 17.2 Å². The van der Waals surface area contributed by atoms with Crippen LogP contribution >= 0.6 is 0 Å². The number of benzene rings is 3. The number of ether oxygens (including phenoxy) is 3. The third-order valence-electron chi connectivity index (χ3n) is 8.49. The highest BCUT2D eigenvalue weighted by atomic mass is 19.1. The van der Waals surface area contributed by atoms with Gasteiger partial charge in [0.15, 0.2) is 11.5 Å². The quantitative estimate of drug-likeness (QED) is 0.272. The van der Waals surface area contributed by atoms with Crippen LogP contribution in [0, 0.1) is 18.7 Å². The first-order chi connectivity index (χ1) is 20.8. The van der Waals surface area contributed by atoms with Crippen molar-refractivity contribution >= 4 is 17.6 Å². The minimum atomic E-state index is -1.06. The van der Waals surface area contributed by atoms with E-state index in [-0.39, 0.29) is 31.4 Å². The van der Waals surface area contributed by atoms with Crippen LogP contribution in [0.4, 0.5) is 10.1 Å². The molecule has 0 saturated carbocycles. The van der Waals surface area contributed by atoms with Gasteiger partial charge in [-0.3, -0.25) is 14.5 Å². The van der Waals surface area contributed by atoms with Gasteiger partial charge in [0.1, 0.15) is 11.6 Å². The number of aryl methyl sites for hydroxylation is 2. The molecule has 8 nitrogen and oxygen atoms in total. The van der Waals surface area contributed by atoms with Crippen molar-refractivity contribution in [2.75, 3.05) is 31.8 Å². The summed E-state index contributed by atoms with van der Waals surface area (Å²) in [6.45, 7) is 8.57. The molecule has 9 heteroatoms. The maximum Gasteiger partial charge on any atom is 0.309 e. The number of halogens is 1. The van der Waals surface area contributed by atoms with Crippen LogP contribution in [-0.2, 0) is 22.4 Å². The zero-order valence-electron chi connectivity index (χ0n) is 25.1. The van der Waals surface area contributed by atoms with Crippen molar-refractivity contribution in [1.82, 2.24) is 4.90 Å². The fraction of sp³-hybridized carbons (Fsp3) is 0.412. The molecule has 2 aliphatic heterocycles. The maximum absolute atomic E-state index is 15.8. The number of hydrogen-bond donors (Lipinski definition) is 2. The summed E-state index contributed by atoms with van der Waals surface area (Å²) in [6.07, 6.45) is 2.27. The van der Waals surface area contributed by atoms with Gasteiger partial charge in [0, 0.05) is 29.8 Å². The number of carbonyl (C=O) groups is 2. The lowest BCUT2D eigenvalue weighted by Crippen LogP contribution is -2.35. The molecule has 1 amide bonds. The van der Waals surface area contributed by atoms with E-state index in [1.54, 1.807) is 23.1 Å². The summed E-state index contributed by atoms with van der Waals surface area (Å²) < 4.78 is 32.6. The fourth-order valence-electron chi connectivity index (χ4n) is 6.43. The van der Waals surface area contributed by atoms with Crippen molar-refractivity contribution in [2.24, 2.45) is 5.92 Å². The SMILES string of the molecule is CCCOc1ccc([C@H]2[C@H](C(=O)O)[C@@H](c3ccc4c(c3C)OCO4)CN2CC(=O)Nc2c(CC)cccc2CC)c(F)c1. The van der Waals surface area contributed by atoms with E-state index in [1.165, 1.54) is 6.07 Å². The molecule has 2 N–H and O–H groups in total. The zero-order valence-corrected chi connectivity index (χ0v) is 25.1. The van der Waals surface area contributed by atoms with Gasteiger partial charge < -0.3 is 24.6 Å². The number of hydrogen-bond acceptors (Lipinski definition) is 6. The van der Waals surface area contributed by atoms with Gasteiger partial charge in [-0.25, -0.2) is 4.39 Å². The second kappa shape index (κ2) is 13.0. The highest BCUT2D eigenvalue weighted by Gasteiger charge is 2.49. The summed E-state index contributed by atoms with van der Waals surface area (Å²) in [6, 6.07) is 13.2. The topological polar surface area (TPSA) is 97.3 Å². The van der Waals surface area contributed by atoms with E-state index >= 15 is 4.39 Å². The molecule has 0 unspecified atom stereocenters. The molecule has 2 heterocycles. The van der Waals surface area contributed by atoms with Crippen LogP contribution in [0.25, 0.3) is 0 Å². The van der Waals surface area contributed by atoms with Crippen LogP contribution in [0.15, 0.2) is 48.5 Å². The molecule has 1 saturated heterocycles. The molecular formula is C34H39FN2O6. The first-order valence-electron chi connectivity index (χ1n) is 15.0. The van der Waals surface area contributed by atoms with E-state index in [0.717, 1.165) is 47.2 Å². The molecule has 0 spiro atoms. The highest BCUT2D eigenvalue weighted by Crippen LogP contribution is 2.50. The monoisotopic (exact) mass is 590 g/mol. The normalized spacial score (nSPS) is 19.4. The Morgan fingerprint density at radius 3 is 2.42 bits per heavy atom. The van der Waals surface area contributed by atoms with Gasteiger partial charge >= 0.3 is 5.97 Å². The van der Waals surface area contributed by atoms with E-state index < -0.39 is 29.7 Å². The summed E-state index contributed by atoms with van der Waals surface area (Å²) in [7, 11) is 0. The van der Waals surface area contributed by atoms with Gasteiger partial charge in [-0.2, -0.15) is 0 Å². The Morgan fingerprint density at radius 2 is 1.77 bits per heavy atom. The number of carbonyl (C=O) groups excluding carboxylic acids is 1. The molecule has 0 aromatic heterocycles. The standard InChI is InChI=1S/C34H39FN2O6/c1-5-15-41-23-11-12-25(27(35)16-23)32-30(34(39)40)26(24-13-14-28-33(20(24)4)43-19-42-28)17-37(32)18-29(38)36-31-21(6-2)9-8-10-22(31)7-3/h8-14,16,26,30,32H,5-7,15,17-19H2,1-4H3,(H,36,38)(H,39,40)/t26-,30-,32+/m1/s1. The van der Waals surface area contributed by atoms with Crippen molar-refractivity contribution in [3.05, 3.63) is 82.2 Å². The molecule has 2 aliphatic rings. The fourth-order valence-corrected chi connectivity index (χ4v) is 6.43. The first-order valence-corrected chi connectivity index (χ1v) is 15.0. The van der Waals surface area contributed by atoms with E-state index in [2.05, 4.69) is 5.32 Å². The van der Waals surface area contributed by atoms with Crippen LogP contribution in [0.2, 0.25) is 0 Å². The predicted molar refractivity (Wildman–Crippen MR) is 161 cm³/mol. The average molecular weight is 591 g/mol. The van der Waals surface area contributed by atoms with Crippen LogP contribution in [-0.4, -0.2) is 48.4 Å². The molecule has 43 heavy (non-hydrogen) atoms. The summed E-state index contributed by atoms with van der Waals surface area (Å²) in [5, 5.41) is 13.7. The van der Waals surface area contributed by atoms with Crippen molar-refractivity contribution < 1.29 is 33.3 Å². The minimum absolute atomic E-state index is 0.0955. The number of nitrogens with zero attached hydrogens (tertiary/aromatic N) is 1. The van der Waals surface area contributed by atoms with Gasteiger partial charge in [-0.1, -0.05) is 51.1 Å². The smallest absolute Gasteiger partial charge is 0.309 e. The molecule has 1 fully saturated rings. The number of carboxylic acids is 1. The zero-order chi connectivity index (χ0) is 30.7. The summed E-state index contributed by atoms with van der Waals surface area (Å²) in [4.78, 5) is 28.4. The molecule has 0 bridgehead atoms. The number of likely N-dealkylation sites (tertiary alicyclic amines) is 1. The molecular weight excluding hydrogens is 551 g/mol. The molecule has 3 aromatic rings. The second-order valence-corrected chi connectivity index (χ2v) is 11.1. The molecule has 5 rings (SSSR count). The minimum Gasteiger partial charge on any atom is -0.494 e. The van der Waals surface area contributed by atoms with E-state index in [1.807, 2.05) is 52.0 Å². The van der Waals surface area contributed by atoms with Crippen molar-refractivity contribution in [3.63, 3.8) is 0 Å². The van der Waals surface area contributed by atoms with Gasteiger partial charge in [-0.15, -0.1) is 0 Å². The molecule has 228 valence electrons. The summed E-state index contributed by atoms with van der Waals surface area (Å²) in [5.74, 6) is -1.91. The lowest BCUT2D eigenvalue weighted by molar-refractivity contribution is -0.143. The van der Waals surface area contributed by atoms with Gasteiger partial charge in [0.2, 0.25) is 12.7 Å². The van der Waals surface area contributed by atoms with Gasteiger partial charge in [-0.05, 0) is 60.6 Å². The average Bonchev–Trinajstić information content (AvgIpc) is 3.62. The third-order valence-corrected chi connectivity index (χ3v) is 8.49. The molecule has 0 aliphatic carbocycles. The Balaban J connectivity index is 1.53. The Bertz CT molecular complexity index is 1490. The van der Waals surface area contributed by atoms with Crippen LogP contribution in [0.3, 0.4) is 0 Å².